The molecule has 1 aromatic rings. The van der Waals surface area contributed by atoms with Crippen LogP contribution in [0.15, 0.2) is 29.3 Å². The highest BCUT2D eigenvalue weighted by atomic mass is 16.5. The number of guanidine groups is 1. The maximum atomic E-state index is 6.18. The van der Waals surface area contributed by atoms with Crippen LogP contribution >= 0.6 is 0 Å². The molecule has 2 heterocycles. The summed E-state index contributed by atoms with van der Waals surface area (Å²) in [5.74, 6) is 1.96. The Balaban J connectivity index is 2.01. The van der Waals surface area contributed by atoms with Gasteiger partial charge < -0.3 is 20.7 Å². The summed E-state index contributed by atoms with van der Waals surface area (Å²) in [5.41, 5.74) is 7.25. The number of nitrogens with zero attached hydrogens (tertiary/aromatic N) is 2. The van der Waals surface area contributed by atoms with E-state index < -0.39 is 0 Å². The van der Waals surface area contributed by atoms with Crippen molar-refractivity contribution < 1.29 is 4.74 Å². The minimum atomic E-state index is 0.00168. The number of benzene rings is 1. The Kier molecular flexibility index (Phi) is 3.30. The van der Waals surface area contributed by atoms with Gasteiger partial charge in [-0.15, -0.1) is 0 Å². The van der Waals surface area contributed by atoms with Crippen LogP contribution in [0, 0.1) is 5.92 Å². The number of hydrogen-bond acceptors (Lipinski definition) is 5. The summed E-state index contributed by atoms with van der Waals surface area (Å²) in [6.45, 7) is 5.06. The van der Waals surface area contributed by atoms with Crippen LogP contribution in [-0.4, -0.2) is 38.2 Å². The molecule has 2 aliphatic rings. The number of nitrogens with one attached hydrogen (secondary N) is 1. The Morgan fingerprint density at radius 3 is 3.10 bits per heavy atom. The lowest BCUT2D eigenvalue weighted by Crippen LogP contribution is -2.61. The number of aliphatic imine (C=N–C) groups is 1. The van der Waals surface area contributed by atoms with Gasteiger partial charge >= 0.3 is 0 Å². The maximum Gasteiger partial charge on any atom is 0.196 e. The molecule has 0 aliphatic carbocycles. The lowest BCUT2D eigenvalue weighted by Gasteiger charge is -2.46. The van der Waals surface area contributed by atoms with Gasteiger partial charge in [0.05, 0.1) is 19.2 Å². The second-order valence-corrected chi connectivity index (χ2v) is 5.67. The Morgan fingerprint density at radius 1 is 1.50 bits per heavy atom. The van der Waals surface area contributed by atoms with Crippen molar-refractivity contribution in [3.05, 3.63) is 24.3 Å². The van der Waals surface area contributed by atoms with Gasteiger partial charge in [0.25, 0.3) is 0 Å². The molecule has 2 unspecified atom stereocenters. The molecule has 20 heavy (non-hydrogen) atoms. The van der Waals surface area contributed by atoms with E-state index >= 15 is 0 Å². The molecule has 0 aromatic heterocycles. The molecule has 0 bridgehead atoms. The minimum absolute atomic E-state index is 0.00168. The monoisotopic (exact) mass is 274 g/mol. The van der Waals surface area contributed by atoms with Crippen LogP contribution in [0.1, 0.15) is 13.3 Å². The van der Waals surface area contributed by atoms with Crippen LogP contribution in [0.2, 0.25) is 0 Å². The fraction of sp³-hybridized carbons (Fsp3) is 0.533. The SMILES string of the molecule is COc1cccc(N2C(N)=NCC23CCNCC3C)c1. The predicted octanol–water partition coefficient (Wildman–Crippen LogP) is 1.20. The normalized spacial score (nSPS) is 29.6. The summed E-state index contributed by atoms with van der Waals surface area (Å²) < 4.78 is 5.33. The third kappa shape index (κ3) is 1.93. The van der Waals surface area contributed by atoms with Crippen molar-refractivity contribution in [1.29, 1.82) is 0 Å². The van der Waals surface area contributed by atoms with Gasteiger partial charge in [-0.2, -0.15) is 0 Å². The molecule has 2 atom stereocenters. The molecule has 3 rings (SSSR count). The van der Waals surface area contributed by atoms with Crippen LogP contribution in [0.3, 0.4) is 0 Å². The number of ether oxygens (including phenoxy) is 1. The quantitative estimate of drug-likeness (QED) is 0.850. The van der Waals surface area contributed by atoms with Gasteiger partial charge in [0.2, 0.25) is 0 Å². The molecule has 5 heteroatoms. The second-order valence-electron chi connectivity index (χ2n) is 5.67. The van der Waals surface area contributed by atoms with Crippen molar-refractivity contribution in [3.63, 3.8) is 0 Å². The Bertz CT molecular complexity index is 530. The molecule has 1 spiro atoms. The van der Waals surface area contributed by atoms with E-state index in [0.717, 1.165) is 37.5 Å². The molecule has 1 fully saturated rings. The molecule has 2 aliphatic heterocycles. The second kappa shape index (κ2) is 4.98. The molecule has 0 radical (unpaired) electrons. The summed E-state index contributed by atoms with van der Waals surface area (Å²) in [6, 6.07) is 8.06. The average Bonchev–Trinajstić information content (AvgIpc) is 2.80. The van der Waals surface area contributed by atoms with Crippen LogP contribution in [0.25, 0.3) is 0 Å². The molecule has 0 saturated carbocycles. The van der Waals surface area contributed by atoms with Crippen molar-refractivity contribution in [2.24, 2.45) is 16.6 Å². The predicted molar refractivity (Wildman–Crippen MR) is 81.3 cm³/mol. The molecule has 108 valence electrons. The zero-order valence-electron chi connectivity index (χ0n) is 12.1. The van der Waals surface area contributed by atoms with E-state index in [1.165, 1.54) is 0 Å². The fourth-order valence-corrected chi connectivity index (χ4v) is 3.35. The zero-order valence-corrected chi connectivity index (χ0v) is 12.1. The van der Waals surface area contributed by atoms with Gasteiger partial charge in [0.1, 0.15) is 5.75 Å². The number of rotatable bonds is 2. The van der Waals surface area contributed by atoms with E-state index in [1.54, 1.807) is 7.11 Å². The molecule has 3 N–H and O–H groups in total. The molecular formula is C15H22N4O. The highest BCUT2D eigenvalue weighted by Crippen LogP contribution is 2.39. The Labute approximate surface area is 119 Å². The highest BCUT2D eigenvalue weighted by molar-refractivity contribution is 5.98. The smallest absolute Gasteiger partial charge is 0.196 e. The first kappa shape index (κ1) is 13.2. The lowest BCUT2D eigenvalue weighted by molar-refractivity contribution is 0.240. The maximum absolute atomic E-state index is 6.18. The van der Waals surface area contributed by atoms with Gasteiger partial charge in [-0.1, -0.05) is 13.0 Å². The Hall–Kier alpha value is -1.75. The lowest BCUT2D eigenvalue weighted by atomic mass is 9.78. The third-order valence-electron chi connectivity index (χ3n) is 4.60. The molecule has 1 saturated heterocycles. The van der Waals surface area contributed by atoms with Crippen molar-refractivity contribution in [3.8, 4) is 5.75 Å². The van der Waals surface area contributed by atoms with Gasteiger partial charge in [-0.3, -0.25) is 4.99 Å². The first-order valence-electron chi connectivity index (χ1n) is 7.12. The van der Waals surface area contributed by atoms with Crippen LogP contribution in [0.5, 0.6) is 5.75 Å². The van der Waals surface area contributed by atoms with E-state index in [2.05, 4.69) is 28.2 Å². The molecule has 0 amide bonds. The standard InChI is InChI=1S/C15H22N4O/c1-11-9-17-7-6-15(11)10-18-14(16)19(15)12-4-3-5-13(8-12)20-2/h3-5,8,11,17H,6-7,9-10H2,1-2H3,(H2,16,18). The van der Waals surface area contributed by atoms with Crippen LogP contribution < -0.4 is 20.7 Å². The van der Waals surface area contributed by atoms with Gasteiger partial charge in [-0.25, -0.2) is 0 Å². The number of methoxy groups -OCH3 is 1. The highest BCUT2D eigenvalue weighted by Gasteiger charge is 2.48. The van der Waals surface area contributed by atoms with Crippen molar-refractivity contribution in [2.75, 3.05) is 31.6 Å². The summed E-state index contributed by atoms with van der Waals surface area (Å²) in [6.07, 6.45) is 1.05. The fourth-order valence-electron chi connectivity index (χ4n) is 3.35. The molecule has 1 aromatic carbocycles. The van der Waals surface area contributed by atoms with Gasteiger partial charge in [-0.05, 0) is 31.0 Å². The van der Waals surface area contributed by atoms with E-state index in [0.29, 0.717) is 11.9 Å². The molecule has 5 nitrogen and oxygen atoms in total. The van der Waals surface area contributed by atoms with Gasteiger partial charge in [0.15, 0.2) is 5.96 Å². The number of nitrogens with two attached hydrogens (primary N) is 1. The summed E-state index contributed by atoms with van der Waals surface area (Å²) >= 11 is 0. The number of anilines is 1. The number of piperidine rings is 1. The largest absolute Gasteiger partial charge is 0.497 e. The molecular weight excluding hydrogens is 252 g/mol. The van der Waals surface area contributed by atoms with Crippen LogP contribution in [0.4, 0.5) is 5.69 Å². The summed E-state index contributed by atoms with van der Waals surface area (Å²) in [4.78, 5) is 6.74. The Morgan fingerprint density at radius 2 is 2.35 bits per heavy atom. The first-order valence-corrected chi connectivity index (χ1v) is 7.12. The summed E-state index contributed by atoms with van der Waals surface area (Å²) in [5, 5.41) is 3.45. The van der Waals surface area contributed by atoms with Crippen molar-refractivity contribution in [2.45, 2.75) is 18.9 Å². The minimum Gasteiger partial charge on any atom is -0.497 e. The average molecular weight is 274 g/mol. The third-order valence-corrected chi connectivity index (χ3v) is 4.60. The van der Waals surface area contributed by atoms with Crippen molar-refractivity contribution in [1.82, 2.24) is 5.32 Å². The van der Waals surface area contributed by atoms with E-state index in [-0.39, 0.29) is 5.54 Å². The van der Waals surface area contributed by atoms with E-state index in [9.17, 15) is 0 Å². The topological polar surface area (TPSA) is 62.9 Å². The summed E-state index contributed by atoms with van der Waals surface area (Å²) in [7, 11) is 1.68. The van der Waals surface area contributed by atoms with Crippen molar-refractivity contribution >= 4 is 11.6 Å². The number of hydrogen-bond donors (Lipinski definition) is 2. The van der Waals surface area contributed by atoms with E-state index in [4.69, 9.17) is 10.5 Å². The van der Waals surface area contributed by atoms with Crippen LogP contribution in [-0.2, 0) is 0 Å². The van der Waals surface area contributed by atoms with E-state index in [1.807, 2.05) is 18.2 Å². The zero-order chi connectivity index (χ0) is 14.2. The first-order chi connectivity index (χ1) is 9.67. The van der Waals surface area contributed by atoms with Gasteiger partial charge in [0, 0.05) is 18.3 Å².